The van der Waals surface area contributed by atoms with E-state index in [2.05, 4.69) is 4.98 Å². The van der Waals surface area contributed by atoms with Crippen LogP contribution in [0.25, 0.3) is 22.2 Å². The van der Waals surface area contributed by atoms with Crippen LogP contribution in [0.1, 0.15) is 85.1 Å². The first-order valence-electron chi connectivity index (χ1n) is 11.3. The number of carbonyl (C=O) groups excluding carboxylic acids is 2. The number of nitrogens with one attached hydrogen (secondary N) is 1. The van der Waals surface area contributed by atoms with Crippen molar-refractivity contribution in [2.24, 2.45) is 0 Å². The summed E-state index contributed by atoms with van der Waals surface area (Å²) in [7, 11) is 1.60. The Bertz CT molecular complexity index is 1150. The first kappa shape index (κ1) is 22.1. The smallest absolute Gasteiger partial charge is 0.338 e. The van der Waals surface area contributed by atoms with Crippen LogP contribution in [-0.2, 0) is 4.74 Å². The summed E-state index contributed by atoms with van der Waals surface area (Å²) >= 11 is 0. The van der Waals surface area contributed by atoms with Crippen molar-refractivity contribution in [3.8, 4) is 17.0 Å². The molecule has 1 saturated carbocycles. The number of aromatic amines is 1. The minimum Gasteiger partial charge on any atom is -0.497 e. The summed E-state index contributed by atoms with van der Waals surface area (Å²) in [6, 6.07) is 11.3. The van der Waals surface area contributed by atoms with Crippen molar-refractivity contribution in [2.45, 2.75) is 64.4 Å². The van der Waals surface area contributed by atoms with Crippen LogP contribution in [0.2, 0.25) is 0 Å². The summed E-state index contributed by atoms with van der Waals surface area (Å²) in [4.78, 5) is 28.1. The van der Waals surface area contributed by atoms with Gasteiger partial charge in [0.05, 0.1) is 18.4 Å². The van der Waals surface area contributed by atoms with E-state index in [9.17, 15) is 9.59 Å². The number of benzene rings is 2. The van der Waals surface area contributed by atoms with Crippen molar-refractivity contribution >= 4 is 23.2 Å². The molecule has 0 spiro atoms. The van der Waals surface area contributed by atoms with E-state index in [1.165, 1.54) is 24.8 Å². The van der Waals surface area contributed by atoms with Crippen LogP contribution >= 0.6 is 0 Å². The zero-order valence-electron chi connectivity index (χ0n) is 19.3. The van der Waals surface area contributed by atoms with Crippen LogP contribution in [0.3, 0.4) is 0 Å². The van der Waals surface area contributed by atoms with Gasteiger partial charge in [-0.2, -0.15) is 0 Å². The molecule has 0 aliphatic heterocycles. The lowest BCUT2D eigenvalue weighted by Gasteiger charge is -2.23. The Hall–Kier alpha value is -3.08. The van der Waals surface area contributed by atoms with Crippen molar-refractivity contribution < 1.29 is 19.1 Å². The highest BCUT2D eigenvalue weighted by atomic mass is 16.6. The molecular weight excluding hydrogens is 402 g/mol. The second-order valence-corrected chi connectivity index (χ2v) is 9.58. The van der Waals surface area contributed by atoms with Crippen molar-refractivity contribution in [2.75, 3.05) is 7.11 Å². The van der Waals surface area contributed by atoms with Crippen molar-refractivity contribution in [1.29, 1.82) is 0 Å². The molecule has 5 nitrogen and oxygen atoms in total. The number of ether oxygens (including phenoxy) is 2. The second-order valence-electron chi connectivity index (χ2n) is 9.58. The Balaban J connectivity index is 1.87. The molecule has 1 aromatic heterocycles. The van der Waals surface area contributed by atoms with Gasteiger partial charge in [0.25, 0.3) is 0 Å². The van der Waals surface area contributed by atoms with E-state index in [1.807, 2.05) is 51.1 Å². The predicted molar refractivity (Wildman–Crippen MR) is 127 cm³/mol. The number of hydrogen-bond acceptors (Lipinski definition) is 4. The van der Waals surface area contributed by atoms with Gasteiger partial charge in [-0.25, -0.2) is 4.79 Å². The molecule has 5 heteroatoms. The van der Waals surface area contributed by atoms with Gasteiger partial charge in [0.1, 0.15) is 11.4 Å². The van der Waals surface area contributed by atoms with Crippen LogP contribution in [0.4, 0.5) is 0 Å². The van der Waals surface area contributed by atoms with Gasteiger partial charge in [-0.3, -0.25) is 4.79 Å². The van der Waals surface area contributed by atoms with E-state index in [4.69, 9.17) is 9.47 Å². The van der Waals surface area contributed by atoms with Gasteiger partial charge in [-0.15, -0.1) is 0 Å². The van der Waals surface area contributed by atoms with Gasteiger partial charge in [0.15, 0.2) is 6.29 Å². The van der Waals surface area contributed by atoms with Crippen LogP contribution in [0.5, 0.6) is 5.75 Å². The number of hydrogen-bond donors (Lipinski definition) is 1. The molecule has 4 rings (SSSR count). The first-order valence-corrected chi connectivity index (χ1v) is 11.3. The zero-order chi connectivity index (χ0) is 22.9. The molecule has 0 amide bonds. The average Bonchev–Trinajstić information content (AvgIpc) is 3.16. The molecule has 168 valence electrons. The molecule has 2 aromatic carbocycles. The normalized spacial score (nSPS) is 15.0. The number of fused-ring (bicyclic) bond motifs is 1. The Kier molecular flexibility index (Phi) is 6.09. The standard InChI is InChI=1S/C27H31NO4/c1-27(2,3)32-26(30)18-10-12-22-23(15-18)28-25(24(22)17-8-6-5-7-9-17)21-13-11-20(31-4)14-19(21)16-29/h10-17,28H,5-9H2,1-4H3. The summed E-state index contributed by atoms with van der Waals surface area (Å²) in [6.45, 7) is 5.59. The fourth-order valence-electron chi connectivity index (χ4n) is 4.70. The van der Waals surface area contributed by atoms with Gasteiger partial charge in [0.2, 0.25) is 0 Å². The number of rotatable bonds is 5. The maximum atomic E-state index is 12.6. The van der Waals surface area contributed by atoms with Gasteiger partial charge < -0.3 is 14.5 Å². The lowest BCUT2D eigenvalue weighted by molar-refractivity contribution is 0.00696. The molecule has 0 atom stereocenters. The molecule has 1 fully saturated rings. The summed E-state index contributed by atoms with van der Waals surface area (Å²) < 4.78 is 10.9. The quantitative estimate of drug-likeness (QED) is 0.361. The monoisotopic (exact) mass is 433 g/mol. The van der Waals surface area contributed by atoms with E-state index in [0.29, 0.717) is 22.8 Å². The lowest BCUT2D eigenvalue weighted by atomic mass is 9.81. The first-order chi connectivity index (χ1) is 15.3. The van der Waals surface area contributed by atoms with Crippen LogP contribution in [0, 0.1) is 0 Å². The third-order valence-electron chi connectivity index (χ3n) is 6.14. The molecule has 32 heavy (non-hydrogen) atoms. The summed E-state index contributed by atoms with van der Waals surface area (Å²) in [5, 5.41) is 1.10. The fourth-order valence-corrected chi connectivity index (χ4v) is 4.70. The number of carbonyl (C=O) groups is 2. The second kappa shape index (κ2) is 8.81. The molecule has 1 heterocycles. The number of aromatic nitrogens is 1. The molecule has 0 bridgehead atoms. The third-order valence-corrected chi connectivity index (χ3v) is 6.14. The van der Waals surface area contributed by atoms with E-state index in [-0.39, 0.29) is 5.97 Å². The van der Waals surface area contributed by atoms with Crippen LogP contribution in [0.15, 0.2) is 36.4 Å². The number of methoxy groups -OCH3 is 1. The number of H-pyrrole nitrogens is 1. The van der Waals surface area contributed by atoms with Crippen molar-refractivity contribution in [1.82, 2.24) is 4.98 Å². The van der Waals surface area contributed by atoms with Gasteiger partial charge in [0, 0.05) is 22.0 Å². The summed E-state index contributed by atoms with van der Waals surface area (Å²) in [5.74, 6) is 0.729. The SMILES string of the molecule is COc1ccc(-c2[nH]c3cc(C(=O)OC(C)(C)C)ccc3c2C2CCCCC2)c(C=O)c1. The topological polar surface area (TPSA) is 68.4 Å². The number of esters is 1. The molecule has 0 saturated heterocycles. The number of aldehydes is 1. The lowest BCUT2D eigenvalue weighted by Crippen LogP contribution is -2.23. The van der Waals surface area contributed by atoms with Crippen LogP contribution < -0.4 is 4.74 Å². The molecule has 1 N–H and O–H groups in total. The van der Waals surface area contributed by atoms with Crippen molar-refractivity contribution in [3.05, 3.63) is 53.1 Å². The molecule has 0 unspecified atom stereocenters. The average molecular weight is 434 g/mol. The molecular formula is C27H31NO4. The van der Waals surface area contributed by atoms with Gasteiger partial charge in [-0.05, 0) is 75.4 Å². The highest BCUT2D eigenvalue weighted by Gasteiger charge is 2.26. The maximum absolute atomic E-state index is 12.6. The van der Waals surface area contributed by atoms with E-state index >= 15 is 0 Å². The fraction of sp³-hybridized carbons (Fsp3) is 0.407. The highest BCUT2D eigenvalue weighted by Crippen LogP contribution is 2.43. The summed E-state index contributed by atoms with van der Waals surface area (Å²) in [5.41, 5.74) is 4.48. The Morgan fingerprint density at radius 3 is 2.47 bits per heavy atom. The maximum Gasteiger partial charge on any atom is 0.338 e. The van der Waals surface area contributed by atoms with Gasteiger partial charge in [-0.1, -0.05) is 25.3 Å². The zero-order valence-corrected chi connectivity index (χ0v) is 19.3. The van der Waals surface area contributed by atoms with Crippen LogP contribution in [-0.4, -0.2) is 30.0 Å². The van der Waals surface area contributed by atoms with Gasteiger partial charge >= 0.3 is 5.97 Å². The Morgan fingerprint density at radius 1 is 1.06 bits per heavy atom. The predicted octanol–water partition coefficient (Wildman–Crippen LogP) is 6.66. The molecule has 1 aliphatic carbocycles. The van der Waals surface area contributed by atoms with E-state index in [1.54, 1.807) is 13.2 Å². The third kappa shape index (κ3) is 4.43. The Morgan fingerprint density at radius 2 is 1.81 bits per heavy atom. The van der Waals surface area contributed by atoms with E-state index < -0.39 is 5.60 Å². The largest absolute Gasteiger partial charge is 0.497 e. The minimum atomic E-state index is -0.553. The van der Waals surface area contributed by atoms with E-state index in [0.717, 1.165) is 41.3 Å². The molecule has 1 aliphatic rings. The molecule has 0 radical (unpaired) electrons. The Labute approximate surface area is 189 Å². The minimum absolute atomic E-state index is 0.340. The van der Waals surface area contributed by atoms with Crippen molar-refractivity contribution in [3.63, 3.8) is 0 Å². The summed E-state index contributed by atoms with van der Waals surface area (Å²) in [6.07, 6.45) is 6.80. The molecule has 3 aromatic rings. The highest BCUT2D eigenvalue weighted by molar-refractivity contribution is 6.00.